The molecule has 1 aliphatic heterocycles. The number of hydrogen-bond acceptors (Lipinski definition) is 2. The van der Waals surface area contributed by atoms with Gasteiger partial charge in [-0.15, -0.1) is 0 Å². The molecule has 2 aliphatic rings. The summed E-state index contributed by atoms with van der Waals surface area (Å²) in [6.07, 6.45) is 7.01. The fourth-order valence-electron chi connectivity index (χ4n) is 3.58. The lowest BCUT2D eigenvalue weighted by Gasteiger charge is -2.39. The standard InChI is InChI=1S/C17H30N2O2/c1-4-17(2,3)13-6-8-14(9-7-13)19-16(21)12-5-10-15(20)18-11-12/h12-14H,4-11H2,1-3H3,(H,18,20)(H,19,21). The van der Waals surface area contributed by atoms with Crippen molar-refractivity contribution in [3.05, 3.63) is 0 Å². The van der Waals surface area contributed by atoms with Crippen LogP contribution in [0.1, 0.15) is 65.7 Å². The van der Waals surface area contributed by atoms with Crippen LogP contribution in [0, 0.1) is 17.3 Å². The molecule has 120 valence electrons. The first-order valence-corrected chi connectivity index (χ1v) is 8.49. The van der Waals surface area contributed by atoms with Crippen molar-refractivity contribution < 1.29 is 9.59 Å². The van der Waals surface area contributed by atoms with Gasteiger partial charge < -0.3 is 10.6 Å². The second-order valence-corrected chi connectivity index (χ2v) is 7.44. The van der Waals surface area contributed by atoms with Crippen molar-refractivity contribution in [1.82, 2.24) is 10.6 Å². The molecule has 21 heavy (non-hydrogen) atoms. The Morgan fingerprint density at radius 2 is 1.90 bits per heavy atom. The molecule has 0 aromatic carbocycles. The highest BCUT2D eigenvalue weighted by atomic mass is 16.2. The highest BCUT2D eigenvalue weighted by molar-refractivity contribution is 5.83. The summed E-state index contributed by atoms with van der Waals surface area (Å²) in [5.41, 5.74) is 0.419. The van der Waals surface area contributed by atoms with Gasteiger partial charge in [-0.1, -0.05) is 27.2 Å². The Morgan fingerprint density at radius 3 is 2.43 bits per heavy atom. The van der Waals surface area contributed by atoms with Gasteiger partial charge in [0.25, 0.3) is 0 Å². The number of rotatable bonds is 4. The number of hydrogen-bond donors (Lipinski definition) is 2. The monoisotopic (exact) mass is 294 g/mol. The maximum absolute atomic E-state index is 12.2. The van der Waals surface area contributed by atoms with E-state index in [1.165, 1.54) is 19.3 Å². The van der Waals surface area contributed by atoms with Gasteiger partial charge in [-0.05, 0) is 43.4 Å². The Kier molecular flexibility index (Phi) is 5.28. The normalized spacial score (nSPS) is 30.6. The van der Waals surface area contributed by atoms with E-state index in [-0.39, 0.29) is 17.7 Å². The SMILES string of the molecule is CCC(C)(C)C1CCC(NC(=O)C2CCC(=O)NC2)CC1. The predicted molar refractivity (Wildman–Crippen MR) is 83.7 cm³/mol. The molecule has 1 heterocycles. The third kappa shape index (κ3) is 4.21. The third-order valence-corrected chi connectivity index (χ3v) is 5.73. The van der Waals surface area contributed by atoms with Gasteiger partial charge in [0.05, 0.1) is 5.92 Å². The molecular weight excluding hydrogens is 264 g/mol. The summed E-state index contributed by atoms with van der Waals surface area (Å²) in [5, 5.41) is 5.99. The van der Waals surface area contributed by atoms with E-state index in [0.29, 0.717) is 30.8 Å². The van der Waals surface area contributed by atoms with Gasteiger partial charge in [0.2, 0.25) is 11.8 Å². The fraction of sp³-hybridized carbons (Fsp3) is 0.882. The topological polar surface area (TPSA) is 58.2 Å². The number of piperidine rings is 1. The van der Waals surface area contributed by atoms with Gasteiger partial charge >= 0.3 is 0 Å². The number of carbonyl (C=O) groups excluding carboxylic acids is 2. The zero-order valence-corrected chi connectivity index (χ0v) is 13.7. The van der Waals surface area contributed by atoms with Crippen LogP contribution in [0.15, 0.2) is 0 Å². The Hall–Kier alpha value is -1.06. The first-order chi connectivity index (χ1) is 9.92. The second-order valence-electron chi connectivity index (χ2n) is 7.44. The molecule has 0 aromatic rings. The van der Waals surface area contributed by atoms with Gasteiger partial charge in [-0.25, -0.2) is 0 Å². The van der Waals surface area contributed by atoms with E-state index < -0.39 is 0 Å². The molecule has 4 heteroatoms. The molecule has 0 bridgehead atoms. The zero-order valence-electron chi connectivity index (χ0n) is 13.7. The molecule has 1 unspecified atom stereocenters. The summed E-state index contributed by atoms with van der Waals surface area (Å²) in [5.74, 6) is 0.951. The van der Waals surface area contributed by atoms with Gasteiger partial charge in [0.15, 0.2) is 0 Å². The van der Waals surface area contributed by atoms with Crippen LogP contribution in [-0.2, 0) is 9.59 Å². The summed E-state index contributed by atoms with van der Waals surface area (Å²) in [6.45, 7) is 7.50. The first-order valence-electron chi connectivity index (χ1n) is 8.49. The van der Waals surface area contributed by atoms with E-state index in [1.807, 2.05) is 0 Å². The highest BCUT2D eigenvalue weighted by Gasteiger charge is 2.33. The van der Waals surface area contributed by atoms with Crippen LogP contribution in [0.2, 0.25) is 0 Å². The number of nitrogens with one attached hydrogen (secondary N) is 2. The quantitative estimate of drug-likeness (QED) is 0.837. The van der Waals surface area contributed by atoms with Crippen molar-refractivity contribution >= 4 is 11.8 Å². The average molecular weight is 294 g/mol. The van der Waals surface area contributed by atoms with E-state index in [0.717, 1.165) is 18.8 Å². The molecule has 2 fully saturated rings. The minimum atomic E-state index is -0.0347. The molecule has 1 saturated carbocycles. The van der Waals surface area contributed by atoms with E-state index in [1.54, 1.807) is 0 Å². The van der Waals surface area contributed by atoms with Gasteiger partial charge in [0, 0.05) is 19.0 Å². The molecule has 0 spiro atoms. The van der Waals surface area contributed by atoms with E-state index in [9.17, 15) is 9.59 Å². The number of carbonyl (C=O) groups is 2. The van der Waals surface area contributed by atoms with E-state index >= 15 is 0 Å². The smallest absolute Gasteiger partial charge is 0.225 e. The van der Waals surface area contributed by atoms with Crippen LogP contribution in [0.4, 0.5) is 0 Å². The largest absolute Gasteiger partial charge is 0.355 e. The zero-order chi connectivity index (χ0) is 15.5. The molecule has 2 amide bonds. The lowest BCUT2D eigenvalue weighted by molar-refractivity contribution is -0.129. The Bertz CT molecular complexity index is 374. The lowest BCUT2D eigenvalue weighted by Crippen LogP contribution is -2.47. The van der Waals surface area contributed by atoms with Gasteiger partial charge in [-0.2, -0.15) is 0 Å². The van der Waals surface area contributed by atoms with Crippen LogP contribution in [0.5, 0.6) is 0 Å². The van der Waals surface area contributed by atoms with Crippen LogP contribution < -0.4 is 10.6 Å². The maximum atomic E-state index is 12.2. The second kappa shape index (κ2) is 6.80. The van der Waals surface area contributed by atoms with Gasteiger partial charge in [-0.3, -0.25) is 9.59 Å². The molecule has 4 nitrogen and oxygen atoms in total. The summed E-state index contributed by atoms with van der Waals surface area (Å²) < 4.78 is 0. The summed E-state index contributed by atoms with van der Waals surface area (Å²) in [6, 6.07) is 0.332. The number of amides is 2. The van der Waals surface area contributed by atoms with Crippen LogP contribution in [-0.4, -0.2) is 24.4 Å². The van der Waals surface area contributed by atoms with Crippen molar-refractivity contribution in [3.63, 3.8) is 0 Å². The minimum absolute atomic E-state index is 0.0347. The highest BCUT2D eigenvalue weighted by Crippen LogP contribution is 2.40. The Morgan fingerprint density at radius 1 is 1.24 bits per heavy atom. The van der Waals surface area contributed by atoms with Crippen LogP contribution >= 0.6 is 0 Å². The summed E-state index contributed by atoms with van der Waals surface area (Å²) >= 11 is 0. The summed E-state index contributed by atoms with van der Waals surface area (Å²) in [7, 11) is 0. The van der Waals surface area contributed by atoms with E-state index in [4.69, 9.17) is 0 Å². The molecule has 2 rings (SSSR count). The van der Waals surface area contributed by atoms with Crippen molar-refractivity contribution in [2.24, 2.45) is 17.3 Å². The van der Waals surface area contributed by atoms with Gasteiger partial charge in [0.1, 0.15) is 0 Å². The molecule has 0 aromatic heterocycles. The molecule has 2 N–H and O–H groups in total. The predicted octanol–water partition coefficient (Wildman–Crippen LogP) is 2.62. The lowest BCUT2D eigenvalue weighted by atomic mass is 9.69. The molecule has 0 radical (unpaired) electrons. The Balaban J connectivity index is 1.76. The third-order valence-electron chi connectivity index (χ3n) is 5.73. The fourth-order valence-corrected chi connectivity index (χ4v) is 3.58. The van der Waals surface area contributed by atoms with Crippen molar-refractivity contribution in [3.8, 4) is 0 Å². The van der Waals surface area contributed by atoms with Crippen LogP contribution in [0.3, 0.4) is 0 Å². The molecule has 1 atom stereocenters. The van der Waals surface area contributed by atoms with Crippen LogP contribution in [0.25, 0.3) is 0 Å². The molecule has 1 saturated heterocycles. The first kappa shape index (κ1) is 16.3. The summed E-state index contributed by atoms with van der Waals surface area (Å²) in [4.78, 5) is 23.4. The average Bonchev–Trinajstić information content (AvgIpc) is 2.48. The Labute approximate surface area is 128 Å². The van der Waals surface area contributed by atoms with Crippen molar-refractivity contribution in [2.75, 3.05) is 6.54 Å². The van der Waals surface area contributed by atoms with Crippen molar-refractivity contribution in [1.29, 1.82) is 0 Å². The molecular formula is C17H30N2O2. The minimum Gasteiger partial charge on any atom is -0.355 e. The van der Waals surface area contributed by atoms with Crippen molar-refractivity contribution in [2.45, 2.75) is 71.8 Å². The maximum Gasteiger partial charge on any atom is 0.225 e. The van der Waals surface area contributed by atoms with E-state index in [2.05, 4.69) is 31.4 Å². The molecule has 1 aliphatic carbocycles.